The molecule has 8 nitrogen and oxygen atoms in total. The third-order valence-corrected chi connectivity index (χ3v) is 5.43. The minimum Gasteiger partial charge on any atom is -0.481 e. The van der Waals surface area contributed by atoms with E-state index in [1.807, 2.05) is 0 Å². The van der Waals surface area contributed by atoms with Crippen molar-refractivity contribution in [1.29, 1.82) is 0 Å². The van der Waals surface area contributed by atoms with E-state index in [0.29, 0.717) is 45.3 Å². The van der Waals surface area contributed by atoms with E-state index in [9.17, 15) is 19.5 Å². The fourth-order valence-electron chi connectivity index (χ4n) is 4.03. The molecule has 2 aromatic carbocycles. The predicted octanol–water partition coefficient (Wildman–Crippen LogP) is 4.26. The number of carbonyl (C=O) groups excluding carboxylic acids is 2. The van der Waals surface area contributed by atoms with Gasteiger partial charge in [-0.15, -0.1) is 0 Å². The summed E-state index contributed by atoms with van der Waals surface area (Å²) in [5.74, 6) is -1.88. The highest BCUT2D eigenvalue weighted by molar-refractivity contribution is 5.77. The largest absolute Gasteiger partial charge is 0.481 e. The van der Waals surface area contributed by atoms with Crippen LogP contribution in [0, 0.1) is 19.8 Å². The van der Waals surface area contributed by atoms with Crippen LogP contribution >= 0.6 is 0 Å². The molecule has 8 heteroatoms. The maximum atomic E-state index is 12.2. The van der Waals surface area contributed by atoms with Crippen LogP contribution in [0.1, 0.15) is 49.9 Å². The van der Waals surface area contributed by atoms with Crippen LogP contribution in [-0.4, -0.2) is 29.6 Å². The lowest BCUT2D eigenvalue weighted by Gasteiger charge is -2.43. The number of carbonyl (C=O) groups is 3. The van der Waals surface area contributed by atoms with Gasteiger partial charge in [0.2, 0.25) is 0 Å². The average Bonchev–Trinajstić information content (AvgIpc) is 2.69. The Morgan fingerprint density at radius 2 is 1.38 bits per heavy atom. The quantitative estimate of drug-likeness (QED) is 0.522. The lowest BCUT2D eigenvalue weighted by molar-refractivity contribution is -0.153. The third kappa shape index (κ3) is 3.93. The van der Waals surface area contributed by atoms with Crippen molar-refractivity contribution in [1.82, 2.24) is 0 Å². The van der Waals surface area contributed by atoms with Gasteiger partial charge in [-0.25, -0.2) is 0 Å². The first kappa shape index (κ1) is 23.3. The zero-order valence-corrected chi connectivity index (χ0v) is 18.9. The van der Waals surface area contributed by atoms with Crippen LogP contribution < -0.4 is 14.2 Å². The summed E-state index contributed by atoms with van der Waals surface area (Å²) in [6.07, 6.45) is 0. The summed E-state index contributed by atoms with van der Waals surface area (Å²) in [5.41, 5.74) is 0.883. The van der Waals surface area contributed by atoms with Gasteiger partial charge in [0, 0.05) is 43.7 Å². The number of hydrogen-bond donors (Lipinski definition) is 1. The third-order valence-electron chi connectivity index (χ3n) is 5.43. The summed E-state index contributed by atoms with van der Waals surface area (Å²) in [5, 5.41) is 10.0. The number of benzene rings is 2. The SMILES string of the molecule is CCOC1(C(C)C(=O)O)c2cc(C)c(OC(C)=O)cc2Oc2cc(OC(C)=O)c(C)cc21. The first-order valence-electron chi connectivity index (χ1n) is 10.2. The molecule has 1 aliphatic heterocycles. The summed E-state index contributed by atoms with van der Waals surface area (Å²) >= 11 is 0. The van der Waals surface area contributed by atoms with Gasteiger partial charge in [-0.1, -0.05) is 0 Å². The number of fused-ring (bicyclic) bond motifs is 2. The number of ether oxygens (including phenoxy) is 4. The van der Waals surface area contributed by atoms with Crippen LogP contribution in [0.2, 0.25) is 0 Å². The number of rotatable bonds is 6. The molecule has 1 N–H and O–H groups in total. The van der Waals surface area contributed by atoms with Crippen LogP contribution in [0.25, 0.3) is 0 Å². The van der Waals surface area contributed by atoms with Crippen molar-refractivity contribution in [2.45, 2.75) is 47.1 Å². The average molecular weight is 442 g/mol. The second-order valence-electron chi connectivity index (χ2n) is 7.75. The van der Waals surface area contributed by atoms with Crippen molar-refractivity contribution in [3.05, 3.63) is 46.5 Å². The highest BCUT2D eigenvalue weighted by atomic mass is 16.5. The van der Waals surface area contributed by atoms with E-state index in [1.165, 1.54) is 13.8 Å². The van der Waals surface area contributed by atoms with Crippen molar-refractivity contribution in [3.63, 3.8) is 0 Å². The van der Waals surface area contributed by atoms with Gasteiger partial charge in [-0.3, -0.25) is 14.4 Å². The zero-order valence-electron chi connectivity index (χ0n) is 18.9. The topological polar surface area (TPSA) is 108 Å². The molecule has 1 atom stereocenters. The van der Waals surface area contributed by atoms with Gasteiger partial charge in [0.05, 0.1) is 5.92 Å². The van der Waals surface area contributed by atoms with E-state index >= 15 is 0 Å². The van der Waals surface area contributed by atoms with E-state index in [0.717, 1.165) is 0 Å². The van der Waals surface area contributed by atoms with E-state index in [1.54, 1.807) is 52.0 Å². The standard InChI is InChI=1S/C24H26O8/c1-7-29-24(14(4)23(27)28)17-8-12(2)19(30-15(5)25)10-21(17)32-22-11-20(31-16(6)26)13(3)9-18(22)24/h8-11,14H,7H2,1-6H3,(H,27,28). The van der Waals surface area contributed by atoms with Crippen LogP contribution in [0.4, 0.5) is 0 Å². The fourth-order valence-corrected chi connectivity index (χ4v) is 4.03. The molecule has 1 aliphatic rings. The number of carboxylic acid groups (broad SMARTS) is 1. The van der Waals surface area contributed by atoms with Crippen molar-refractivity contribution in [2.24, 2.45) is 5.92 Å². The molecule has 1 heterocycles. The Labute approximate surface area is 186 Å². The molecule has 0 fully saturated rings. The van der Waals surface area contributed by atoms with Gasteiger partial charge >= 0.3 is 17.9 Å². The molecule has 0 bridgehead atoms. The molecule has 0 amide bonds. The van der Waals surface area contributed by atoms with Gasteiger partial charge in [-0.2, -0.15) is 0 Å². The second-order valence-corrected chi connectivity index (χ2v) is 7.75. The van der Waals surface area contributed by atoms with Crippen LogP contribution in [-0.2, 0) is 24.7 Å². The summed E-state index contributed by atoms with van der Waals surface area (Å²) in [7, 11) is 0. The van der Waals surface area contributed by atoms with E-state index in [2.05, 4.69) is 0 Å². The summed E-state index contributed by atoms with van der Waals surface area (Å²) in [6, 6.07) is 6.54. The molecule has 0 aromatic heterocycles. The van der Waals surface area contributed by atoms with E-state index < -0.39 is 29.4 Å². The van der Waals surface area contributed by atoms with Crippen molar-refractivity contribution < 1.29 is 38.4 Å². The van der Waals surface area contributed by atoms with Gasteiger partial charge in [-0.05, 0) is 51.0 Å². The minimum atomic E-state index is -1.39. The van der Waals surface area contributed by atoms with Crippen LogP contribution in [0.5, 0.6) is 23.0 Å². The molecule has 32 heavy (non-hydrogen) atoms. The Balaban J connectivity index is 2.36. The highest BCUT2D eigenvalue weighted by Crippen LogP contribution is 2.55. The monoisotopic (exact) mass is 442 g/mol. The lowest BCUT2D eigenvalue weighted by Crippen LogP contribution is -2.44. The summed E-state index contributed by atoms with van der Waals surface area (Å²) < 4.78 is 22.9. The second kappa shape index (κ2) is 8.63. The number of carboxylic acids is 1. The van der Waals surface area contributed by atoms with Gasteiger partial charge in [0.15, 0.2) is 0 Å². The molecule has 1 unspecified atom stereocenters. The normalized spacial score (nSPS) is 14.4. The number of aryl methyl sites for hydroxylation is 2. The van der Waals surface area contributed by atoms with E-state index in [-0.39, 0.29) is 6.61 Å². The Kier molecular flexibility index (Phi) is 6.27. The zero-order chi connectivity index (χ0) is 23.8. The fraction of sp³-hybridized carbons (Fsp3) is 0.375. The molecule has 0 saturated heterocycles. The number of hydrogen-bond acceptors (Lipinski definition) is 7. The molecular weight excluding hydrogens is 416 g/mol. The van der Waals surface area contributed by atoms with Crippen molar-refractivity contribution in [3.8, 4) is 23.0 Å². The Morgan fingerprint density at radius 1 is 0.938 bits per heavy atom. The van der Waals surface area contributed by atoms with Gasteiger partial charge < -0.3 is 24.1 Å². The molecule has 2 aromatic rings. The maximum absolute atomic E-state index is 12.2. The molecular formula is C24H26O8. The molecule has 0 aliphatic carbocycles. The van der Waals surface area contributed by atoms with Crippen molar-refractivity contribution in [2.75, 3.05) is 6.61 Å². The number of esters is 2. The van der Waals surface area contributed by atoms with Crippen LogP contribution in [0.3, 0.4) is 0 Å². The molecule has 0 radical (unpaired) electrons. The first-order chi connectivity index (χ1) is 15.0. The summed E-state index contributed by atoms with van der Waals surface area (Å²) in [6.45, 7) is 9.68. The highest BCUT2D eigenvalue weighted by Gasteiger charge is 2.51. The Hall–Kier alpha value is -3.39. The minimum absolute atomic E-state index is 0.228. The molecule has 0 saturated carbocycles. The van der Waals surface area contributed by atoms with Gasteiger partial charge in [0.1, 0.15) is 28.6 Å². The molecule has 0 spiro atoms. The lowest BCUT2D eigenvalue weighted by atomic mass is 9.73. The van der Waals surface area contributed by atoms with Crippen molar-refractivity contribution >= 4 is 17.9 Å². The maximum Gasteiger partial charge on any atom is 0.309 e. The first-order valence-corrected chi connectivity index (χ1v) is 10.2. The Morgan fingerprint density at radius 3 is 1.72 bits per heavy atom. The smallest absolute Gasteiger partial charge is 0.309 e. The Bertz CT molecular complexity index is 1030. The van der Waals surface area contributed by atoms with Gasteiger partial charge in [0.25, 0.3) is 0 Å². The molecule has 170 valence electrons. The number of aliphatic carboxylic acids is 1. The van der Waals surface area contributed by atoms with Crippen LogP contribution in [0.15, 0.2) is 24.3 Å². The predicted molar refractivity (Wildman–Crippen MR) is 114 cm³/mol. The molecule has 3 rings (SSSR count). The summed E-state index contributed by atoms with van der Waals surface area (Å²) in [4.78, 5) is 35.3. The van der Waals surface area contributed by atoms with E-state index in [4.69, 9.17) is 18.9 Å².